The van der Waals surface area contributed by atoms with Gasteiger partial charge in [-0.3, -0.25) is 4.79 Å². The Morgan fingerprint density at radius 2 is 1.88 bits per heavy atom. The Bertz CT molecular complexity index is 1320. The van der Waals surface area contributed by atoms with E-state index in [1.54, 1.807) is 37.6 Å². The van der Waals surface area contributed by atoms with Gasteiger partial charge in [0.2, 0.25) is 0 Å². The van der Waals surface area contributed by atoms with E-state index in [-0.39, 0.29) is 11.3 Å². The molecule has 9 heteroatoms. The van der Waals surface area contributed by atoms with Crippen LogP contribution in [0.15, 0.2) is 70.5 Å². The number of aromatic nitrogens is 2. The summed E-state index contributed by atoms with van der Waals surface area (Å²) < 4.78 is 45.8. The first-order valence-electron chi connectivity index (χ1n) is 10.2. The summed E-state index contributed by atoms with van der Waals surface area (Å²) in [4.78, 5) is 16.1. The second kappa shape index (κ2) is 9.56. The molecule has 0 aliphatic carbocycles. The minimum Gasteiger partial charge on any atom is -0.493 e. The lowest BCUT2D eigenvalue weighted by Gasteiger charge is -2.17. The highest BCUT2D eigenvalue weighted by Gasteiger charge is 2.17. The molecule has 4 rings (SSSR count). The average Bonchev–Trinajstić information content (AvgIpc) is 3.31. The van der Waals surface area contributed by atoms with E-state index < -0.39 is 11.6 Å². The van der Waals surface area contributed by atoms with Gasteiger partial charge in [0.1, 0.15) is 23.1 Å². The molecule has 2 heterocycles. The zero-order valence-corrected chi connectivity index (χ0v) is 18.0. The van der Waals surface area contributed by atoms with Gasteiger partial charge in [0.15, 0.2) is 18.0 Å². The summed E-state index contributed by atoms with van der Waals surface area (Å²) in [6.07, 6.45) is 4.56. The first kappa shape index (κ1) is 22.1. The third kappa shape index (κ3) is 5.03. The fourth-order valence-electron chi connectivity index (χ4n) is 3.22. The Balaban J connectivity index is 1.79. The molecule has 0 unspecified atom stereocenters. The van der Waals surface area contributed by atoms with Crippen molar-refractivity contribution in [1.82, 2.24) is 9.55 Å². The van der Waals surface area contributed by atoms with E-state index in [0.717, 1.165) is 12.1 Å². The maximum atomic E-state index is 14.3. The Labute approximate surface area is 188 Å². The maximum Gasteiger partial charge on any atom is 0.254 e. The lowest BCUT2D eigenvalue weighted by Crippen LogP contribution is -2.16. The quantitative estimate of drug-likeness (QED) is 0.399. The zero-order chi connectivity index (χ0) is 23.4. The number of ether oxygens (including phenoxy) is 2. The van der Waals surface area contributed by atoms with Gasteiger partial charge in [-0.15, -0.1) is 0 Å². The maximum absolute atomic E-state index is 14.3. The summed E-state index contributed by atoms with van der Waals surface area (Å²) in [6.45, 7) is 2.53. The molecule has 0 spiro atoms. The molecule has 0 fully saturated rings. The molecule has 0 amide bonds. The fraction of sp³-hybridized carbons (Fsp3) is 0.167. The lowest BCUT2D eigenvalue weighted by atomic mass is 10.0. The molecule has 2 aromatic heterocycles. The fourth-order valence-corrected chi connectivity index (χ4v) is 3.22. The Morgan fingerprint density at radius 1 is 1.06 bits per heavy atom. The van der Waals surface area contributed by atoms with E-state index in [1.165, 1.54) is 23.1 Å². The highest BCUT2D eigenvalue weighted by Crippen LogP contribution is 2.40. The van der Waals surface area contributed by atoms with Crippen molar-refractivity contribution >= 4 is 5.69 Å². The van der Waals surface area contributed by atoms with E-state index in [9.17, 15) is 13.6 Å². The minimum atomic E-state index is -0.834. The number of halogens is 2. The molecule has 7 nitrogen and oxygen atoms in total. The number of nitrogens with one attached hydrogen (secondary N) is 1. The smallest absolute Gasteiger partial charge is 0.254 e. The molecule has 0 bridgehead atoms. The SMILES string of the molecule is CCOc1cc(=O)n(C)cc1-c1cc(NCc2cnco2)ccc1Oc1ccc(F)cc1F. The van der Waals surface area contributed by atoms with Crippen LogP contribution >= 0.6 is 0 Å². The van der Waals surface area contributed by atoms with Gasteiger partial charge in [-0.1, -0.05) is 0 Å². The molecular formula is C24H21F2N3O4. The van der Waals surface area contributed by atoms with E-state index >= 15 is 0 Å². The molecule has 0 saturated carbocycles. The molecule has 33 heavy (non-hydrogen) atoms. The first-order valence-corrected chi connectivity index (χ1v) is 10.2. The van der Waals surface area contributed by atoms with Crippen LogP contribution in [0.5, 0.6) is 17.2 Å². The van der Waals surface area contributed by atoms with Crippen LogP contribution in [0.1, 0.15) is 12.7 Å². The van der Waals surface area contributed by atoms with Crippen LogP contribution in [0, 0.1) is 11.6 Å². The van der Waals surface area contributed by atoms with Crippen molar-refractivity contribution in [2.75, 3.05) is 11.9 Å². The van der Waals surface area contributed by atoms with E-state index in [4.69, 9.17) is 13.9 Å². The second-order valence-corrected chi connectivity index (χ2v) is 7.14. The second-order valence-electron chi connectivity index (χ2n) is 7.14. The van der Waals surface area contributed by atoms with Crippen molar-refractivity contribution in [3.8, 4) is 28.4 Å². The van der Waals surface area contributed by atoms with Crippen molar-refractivity contribution in [2.45, 2.75) is 13.5 Å². The molecule has 0 saturated heterocycles. The van der Waals surface area contributed by atoms with Gasteiger partial charge in [-0.25, -0.2) is 13.8 Å². The van der Waals surface area contributed by atoms with Crippen LogP contribution in [-0.2, 0) is 13.6 Å². The molecule has 0 atom stereocenters. The van der Waals surface area contributed by atoms with E-state index in [0.29, 0.717) is 47.2 Å². The number of rotatable bonds is 8. The molecule has 0 radical (unpaired) electrons. The third-order valence-corrected chi connectivity index (χ3v) is 4.82. The Kier molecular flexibility index (Phi) is 6.39. The van der Waals surface area contributed by atoms with Gasteiger partial charge in [0, 0.05) is 42.2 Å². The van der Waals surface area contributed by atoms with Crippen LogP contribution in [-0.4, -0.2) is 16.2 Å². The van der Waals surface area contributed by atoms with Crippen LogP contribution in [0.2, 0.25) is 0 Å². The number of hydrogen-bond donors (Lipinski definition) is 1. The summed E-state index contributed by atoms with van der Waals surface area (Å²) in [5.74, 6) is -0.379. The number of benzene rings is 2. The standard InChI is InChI=1S/C24H21F2N3O4/c1-3-31-23-10-24(30)29(2)13-19(23)18-9-16(28-12-17-11-27-14-32-17)5-7-21(18)33-22-6-4-15(25)8-20(22)26/h4-11,13-14,28H,3,12H2,1-2H3. The van der Waals surface area contributed by atoms with Gasteiger partial charge in [-0.2, -0.15) is 0 Å². The van der Waals surface area contributed by atoms with Gasteiger partial charge in [-0.05, 0) is 37.3 Å². The number of aryl methyl sites for hydroxylation is 1. The van der Waals surface area contributed by atoms with Crippen LogP contribution in [0.3, 0.4) is 0 Å². The number of hydrogen-bond acceptors (Lipinski definition) is 6. The number of anilines is 1. The molecular weight excluding hydrogens is 432 g/mol. The molecule has 2 aromatic carbocycles. The highest BCUT2D eigenvalue weighted by molar-refractivity contribution is 5.78. The summed E-state index contributed by atoms with van der Waals surface area (Å²) >= 11 is 0. The van der Waals surface area contributed by atoms with Crippen molar-refractivity contribution < 1.29 is 22.7 Å². The Hall–Kier alpha value is -4.14. The summed E-state index contributed by atoms with van der Waals surface area (Å²) in [5.41, 5.74) is 1.58. The van der Waals surface area contributed by atoms with Crippen molar-refractivity contribution in [1.29, 1.82) is 0 Å². The van der Waals surface area contributed by atoms with E-state index in [1.807, 2.05) is 6.92 Å². The monoisotopic (exact) mass is 453 g/mol. The van der Waals surface area contributed by atoms with Crippen molar-refractivity contribution in [3.63, 3.8) is 0 Å². The highest BCUT2D eigenvalue weighted by atomic mass is 19.1. The van der Waals surface area contributed by atoms with E-state index in [2.05, 4.69) is 10.3 Å². The molecule has 0 aliphatic rings. The normalized spacial score (nSPS) is 10.8. The number of pyridine rings is 1. The van der Waals surface area contributed by atoms with Crippen molar-refractivity contribution in [2.24, 2.45) is 7.05 Å². The summed E-state index contributed by atoms with van der Waals surface area (Å²) in [6, 6.07) is 9.66. The zero-order valence-electron chi connectivity index (χ0n) is 18.0. The van der Waals surface area contributed by atoms with Crippen LogP contribution < -0.4 is 20.3 Å². The Morgan fingerprint density at radius 3 is 2.61 bits per heavy atom. The molecule has 170 valence electrons. The van der Waals surface area contributed by atoms with Gasteiger partial charge in [0.05, 0.1) is 19.3 Å². The predicted octanol–water partition coefficient (Wildman–Crippen LogP) is 5.12. The molecule has 0 aliphatic heterocycles. The predicted molar refractivity (Wildman–Crippen MR) is 119 cm³/mol. The summed E-state index contributed by atoms with van der Waals surface area (Å²) in [7, 11) is 1.62. The van der Waals surface area contributed by atoms with Gasteiger partial charge in [0.25, 0.3) is 5.56 Å². The summed E-state index contributed by atoms with van der Waals surface area (Å²) in [5, 5.41) is 3.22. The number of oxazole rings is 1. The average molecular weight is 453 g/mol. The van der Waals surface area contributed by atoms with Crippen LogP contribution in [0.4, 0.5) is 14.5 Å². The van der Waals surface area contributed by atoms with Crippen LogP contribution in [0.25, 0.3) is 11.1 Å². The minimum absolute atomic E-state index is 0.136. The molecule has 4 aromatic rings. The third-order valence-electron chi connectivity index (χ3n) is 4.82. The first-order chi connectivity index (χ1) is 15.9. The van der Waals surface area contributed by atoms with Gasteiger partial charge >= 0.3 is 0 Å². The van der Waals surface area contributed by atoms with Crippen molar-refractivity contribution in [3.05, 3.63) is 89.0 Å². The largest absolute Gasteiger partial charge is 0.493 e. The lowest BCUT2D eigenvalue weighted by molar-refractivity contribution is 0.340. The topological polar surface area (TPSA) is 78.5 Å². The van der Waals surface area contributed by atoms with Gasteiger partial charge < -0.3 is 23.8 Å². The number of nitrogens with zero attached hydrogens (tertiary/aromatic N) is 2. The molecule has 1 N–H and O–H groups in total.